The number of hydrogen-bond acceptors (Lipinski definition) is 3. The van der Waals surface area contributed by atoms with Crippen LogP contribution < -0.4 is 0 Å². The molecule has 0 aliphatic carbocycles. The smallest absolute Gasteiger partial charge is 0.254 e. The molecule has 1 aliphatic heterocycles. The van der Waals surface area contributed by atoms with Gasteiger partial charge in [-0.05, 0) is 71.8 Å². The summed E-state index contributed by atoms with van der Waals surface area (Å²) >= 11 is 20.4. The number of rotatable bonds is 7. The van der Waals surface area contributed by atoms with Crippen molar-refractivity contribution in [2.24, 2.45) is 0 Å². The number of fused-ring (bicyclic) bond motifs is 1. The Kier molecular flexibility index (Phi) is 8.20. The van der Waals surface area contributed by atoms with Gasteiger partial charge in [-0.3, -0.25) is 9.59 Å². The fourth-order valence-corrected chi connectivity index (χ4v) is 5.82. The van der Waals surface area contributed by atoms with Crippen LogP contribution in [0.1, 0.15) is 52.2 Å². The highest BCUT2D eigenvalue weighted by atomic mass is 35.5. The molecule has 0 saturated heterocycles. The second-order valence-corrected chi connectivity index (χ2v) is 10.6. The van der Waals surface area contributed by atoms with E-state index in [1.165, 1.54) is 4.88 Å². The van der Waals surface area contributed by atoms with Crippen LogP contribution in [0.2, 0.25) is 15.1 Å². The third-order valence-electron chi connectivity index (χ3n) is 6.03. The van der Waals surface area contributed by atoms with Gasteiger partial charge < -0.3 is 9.80 Å². The Morgan fingerprint density at radius 1 is 1.03 bits per heavy atom. The summed E-state index contributed by atoms with van der Waals surface area (Å²) in [5.74, 6) is -0.279. The average Bonchev–Trinajstić information content (AvgIpc) is 3.30. The van der Waals surface area contributed by atoms with E-state index in [4.69, 9.17) is 34.8 Å². The summed E-state index contributed by atoms with van der Waals surface area (Å²) in [5.41, 5.74) is 2.44. The third kappa shape index (κ3) is 5.44. The van der Waals surface area contributed by atoms with Crippen LogP contribution in [-0.2, 0) is 11.2 Å². The standard InChI is InChI=1S/C26H25Cl3N2O2S/c1-2-3-12-30(26(33)17-4-6-18(27)7-5-17)16-24(32)31-13-10-23-21(11-14-34-23)25(31)20-9-8-19(28)15-22(20)29/h4-9,11,14-15,25H,2-3,10,12-13,16H2,1H3/t25-/m1/s1. The maximum absolute atomic E-state index is 13.7. The fourth-order valence-electron chi connectivity index (χ4n) is 4.27. The van der Waals surface area contributed by atoms with Crippen LogP contribution in [0.4, 0.5) is 0 Å². The SMILES string of the molecule is CCCCN(CC(=O)N1CCc2sccc2[C@H]1c1ccc(Cl)cc1Cl)C(=O)c1ccc(Cl)cc1. The van der Waals surface area contributed by atoms with Gasteiger partial charge in [-0.25, -0.2) is 0 Å². The van der Waals surface area contributed by atoms with Gasteiger partial charge in [0, 0.05) is 38.6 Å². The lowest BCUT2D eigenvalue weighted by Crippen LogP contribution is -2.47. The lowest BCUT2D eigenvalue weighted by Gasteiger charge is -2.38. The first-order valence-electron chi connectivity index (χ1n) is 11.2. The van der Waals surface area contributed by atoms with Crippen LogP contribution in [0.25, 0.3) is 0 Å². The molecule has 2 heterocycles. The Balaban J connectivity index is 1.63. The molecule has 0 spiro atoms. The molecule has 4 nitrogen and oxygen atoms in total. The first-order chi connectivity index (χ1) is 16.4. The van der Waals surface area contributed by atoms with Gasteiger partial charge in [0.15, 0.2) is 0 Å². The van der Waals surface area contributed by atoms with E-state index in [-0.39, 0.29) is 24.4 Å². The maximum Gasteiger partial charge on any atom is 0.254 e. The maximum atomic E-state index is 13.7. The molecule has 0 unspecified atom stereocenters. The minimum atomic E-state index is -0.314. The van der Waals surface area contributed by atoms with Crippen molar-refractivity contribution in [1.29, 1.82) is 0 Å². The minimum absolute atomic E-state index is 0.00262. The number of carbonyl (C=O) groups excluding carboxylic acids is 2. The molecule has 0 radical (unpaired) electrons. The predicted octanol–water partition coefficient (Wildman–Crippen LogP) is 7.12. The predicted molar refractivity (Wildman–Crippen MR) is 140 cm³/mol. The number of thiophene rings is 1. The van der Waals surface area contributed by atoms with Gasteiger partial charge >= 0.3 is 0 Å². The van der Waals surface area contributed by atoms with Crippen LogP contribution in [0.3, 0.4) is 0 Å². The van der Waals surface area contributed by atoms with E-state index in [0.29, 0.717) is 33.7 Å². The molecule has 3 aromatic rings. The van der Waals surface area contributed by atoms with Crippen molar-refractivity contribution >= 4 is 58.0 Å². The van der Waals surface area contributed by atoms with Crippen molar-refractivity contribution in [1.82, 2.24) is 9.80 Å². The van der Waals surface area contributed by atoms with Gasteiger partial charge in [0.05, 0.1) is 6.04 Å². The Morgan fingerprint density at radius 3 is 2.47 bits per heavy atom. The molecule has 1 aromatic heterocycles. The number of carbonyl (C=O) groups is 2. The first kappa shape index (κ1) is 25.1. The lowest BCUT2D eigenvalue weighted by atomic mass is 9.93. The Labute approximate surface area is 219 Å². The van der Waals surface area contributed by atoms with Crippen molar-refractivity contribution < 1.29 is 9.59 Å². The van der Waals surface area contributed by atoms with E-state index in [9.17, 15) is 9.59 Å². The highest BCUT2D eigenvalue weighted by Gasteiger charge is 2.35. The summed E-state index contributed by atoms with van der Waals surface area (Å²) in [6.45, 7) is 3.14. The van der Waals surface area contributed by atoms with E-state index in [1.54, 1.807) is 52.6 Å². The van der Waals surface area contributed by atoms with E-state index in [0.717, 1.165) is 30.4 Å². The lowest BCUT2D eigenvalue weighted by molar-refractivity contribution is -0.134. The van der Waals surface area contributed by atoms with Crippen LogP contribution in [0.5, 0.6) is 0 Å². The van der Waals surface area contributed by atoms with Crippen molar-refractivity contribution in [3.63, 3.8) is 0 Å². The third-order valence-corrected chi connectivity index (χ3v) is 7.84. The molecular weight excluding hydrogens is 511 g/mol. The number of nitrogens with zero attached hydrogens (tertiary/aromatic N) is 2. The van der Waals surface area contributed by atoms with Gasteiger partial charge in [-0.1, -0.05) is 54.2 Å². The summed E-state index contributed by atoms with van der Waals surface area (Å²) < 4.78 is 0. The molecule has 0 N–H and O–H groups in total. The van der Waals surface area contributed by atoms with Gasteiger partial charge in [0.25, 0.3) is 5.91 Å². The molecule has 0 bridgehead atoms. The van der Waals surface area contributed by atoms with E-state index >= 15 is 0 Å². The van der Waals surface area contributed by atoms with Crippen LogP contribution >= 0.6 is 46.1 Å². The summed E-state index contributed by atoms with van der Waals surface area (Å²) in [5, 5.41) is 3.68. The highest BCUT2D eigenvalue weighted by molar-refractivity contribution is 7.10. The molecule has 2 aromatic carbocycles. The first-order valence-corrected chi connectivity index (χ1v) is 13.3. The second kappa shape index (κ2) is 11.1. The summed E-state index contributed by atoms with van der Waals surface area (Å²) in [7, 11) is 0. The minimum Gasteiger partial charge on any atom is -0.330 e. The Hall–Kier alpha value is -2.05. The normalized spacial score (nSPS) is 15.2. The van der Waals surface area contributed by atoms with Gasteiger partial charge in [-0.15, -0.1) is 11.3 Å². The van der Waals surface area contributed by atoms with E-state index in [1.807, 2.05) is 16.3 Å². The van der Waals surface area contributed by atoms with Crippen molar-refractivity contribution in [3.05, 3.63) is 90.5 Å². The average molecular weight is 536 g/mol. The zero-order chi connectivity index (χ0) is 24.2. The van der Waals surface area contributed by atoms with Crippen molar-refractivity contribution in [2.75, 3.05) is 19.6 Å². The number of amides is 2. The zero-order valence-corrected chi connectivity index (χ0v) is 21.9. The van der Waals surface area contributed by atoms with E-state index < -0.39 is 0 Å². The monoisotopic (exact) mass is 534 g/mol. The van der Waals surface area contributed by atoms with Gasteiger partial charge in [0.1, 0.15) is 6.54 Å². The van der Waals surface area contributed by atoms with Gasteiger partial charge in [-0.2, -0.15) is 0 Å². The van der Waals surface area contributed by atoms with Crippen LogP contribution in [0.15, 0.2) is 53.9 Å². The quantitative estimate of drug-likeness (QED) is 0.323. The highest BCUT2D eigenvalue weighted by Crippen LogP contribution is 2.41. The topological polar surface area (TPSA) is 40.6 Å². The van der Waals surface area contributed by atoms with E-state index in [2.05, 4.69) is 13.0 Å². The molecule has 4 rings (SSSR count). The fraction of sp³-hybridized carbons (Fsp3) is 0.308. The number of halogens is 3. The molecule has 178 valence electrons. The largest absolute Gasteiger partial charge is 0.330 e. The summed E-state index contributed by atoms with van der Waals surface area (Å²) in [4.78, 5) is 31.7. The summed E-state index contributed by atoms with van der Waals surface area (Å²) in [6.07, 6.45) is 2.51. The number of unbranched alkanes of at least 4 members (excludes halogenated alkanes) is 1. The van der Waals surface area contributed by atoms with Gasteiger partial charge in [0.2, 0.25) is 5.91 Å². The molecule has 1 atom stereocenters. The summed E-state index contributed by atoms with van der Waals surface area (Å²) in [6, 6.07) is 13.9. The van der Waals surface area contributed by atoms with Crippen molar-refractivity contribution in [2.45, 2.75) is 32.2 Å². The number of hydrogen-bond donors (Lipinski definition) is 0. The second-order valence-electron chi connectivity index (χ2n) is 8.29. The van der Waals surface area contributed by atoms with Crippen LogP contribution in [-0.4, -0.2) is 41.2 Å². The molecule has 0 fully saturated rings. The number of benzene rings is 2. The molecule has 0 saturated carbocycles. The molecule has 34 heavy (non-hydrogen) atoms. The Bertz CT molecular complexity index is 1180. The Morgan fingerprint density at radius 2 is 1.76 bits per heavy atom. The van der Waals surface area contributed by atoms with Crippen LogP contribution in [0, 0.1) is 0 Å². The molecular formula is C26H25Cl3N2O2S. The van der Waals surface area contributed by atoms with Crippen molar-refractivity contribution in [3.8, 4) is 0 Å². The molecule has 1 aliphatic rings. The molecule has 8 heteroatoms. The molecule has 2 amide bonds. The zero-order valence-electron chi connectivity index (χ0n) is 18.8.